The van der Waals surface area contributed by atoms with Crippen LogP contribution in [0.4, 0.5) is 0 Å². The van der Waals surface area contributed by atoms with E-state index in [4.69, 9.17) is 19.8 Å². The smallest absolute Gasteiger partial charge is 0.351 e. The molecule has 7 nitrogen and oxygen atoms in total. The highest BCUT2D eigenvalue weighted by molar-refractivity contribution is 9.10. The van der Waals surface area contributed by atoms with Crippen LogP contribution in [0.5, 0.6) is 0 Å². The zero-order valence-electron chi connectivity index (χ0n) is 16.4. The molecule has 0 spiro atoms. The maximum atomic E-state index is 9.04. The molecule has 2 fully saturated rings. The van der Waals surface area contributed by atoms with Crippen molar-refractivity contribution in [3.8, 4) is 0 Å². The predicted octanol–water partition coefficient (Wildman–Crippen LogP) is -0.545. The van der Waals surface area contributed by atoms with E-state index < -0.39 is 11.9 Å². The molecule has 0 radical (unpaired) electrons. The number of hydrogen-bond donors (Lipinski definition) is 2. The standard InChI is InChI=1S/C18H28BrN3.C2H2O4/c1-2-20-10-12-22(13-11-20)18-6-8-21(9-7-18)15-16-4-3-5-17(19)14-16;3-1(4)2(5)6/h3-5,14,18H,2,6-13,15H2,1H3;(H,3,4)(H,5,6). The highest BCUT2D eigenvalue weighted by atomic mass is 79.9. The van der Waals surface area contributed by atoms with Crippen molar-refractivity contribution in [3.63, 3.8) is 0 Å². The van der Waals surface area contributed by atoms with Gasteiger partial charge in [0.25, 0.3) is 0 Å². The third-order valence-electron chi connectivity index (χ3n) is 5.55. The van der Waals surface area contributed by atoms with Gasteiger partial charge in [0.15, 0.2) is 5.97 Å². The van der Waals surface area contributed by atoms with Crippen LogP contribution in [0.25, 0.3) is 0 Å². The van der Waals surface area contributed by atoms with E-state index in [9.17, 15) is 0 Å². The molecule has 0 unspecified atom stereocenters. The third kappa shape index (κ3) is 7.50. The summed E-state index contributed by atoms with van der Waals surface area (Å²) in [5.41, 5.74) is 1.42. The molecule has 28 heavy (non-hydrogen) atoms. The van der Waals surface area contributed by atoms with E-state index in [0.29, 0.717) is 0 Å². The fourth-order valence-electron chi connectivity index (χ4n) is 3.90. The van der Waals surface area contributed by atoms with E-state index in [1.165, 1.54) is 68.7 Å². The van der Waals surface area contributed by atoms with Gasteiger partial charge in [0, 0.05) is 30.1 Å². The van der Waals surface area contributed by atoms with Crippen molar-refractivity contribution in [3.05, 3.63) is 34.3 Å². The molecule has 2 heterocycles. The molecule has 3 rings (SSSR count). The summed E-state index contributed by atoms with van der Waals surface area (Å²) in [6.07, 6.45) is 2.69. The molecular weight excluding hydrogens is 426 g/mol. The molecule has 0 amide bonds. The average molecular weight is 456 g/mol. The number of halogens is 1. The molecule has 0 bridgehead atoms. The first kappa shape index (κ1) is 22.8. The minimum atomic E-state index is -2.07. The lowest BCUT2D eigenvalue weighted by Gasteiger charge is -2.41. The van der Waals surface area contributed by atoms with Gasteiger partial charge in [0.2, 0.25) is 0 Å². The first-order valence-electron chi connectivity index (χ1n) is 9.87. The van der Waals surface area contributed by atoms with Gasteiger partial charge in [-0.15, -0.1) is 0 Å². The van der Waals surface area contributed by atoms with E-state index in [0.717, 1.165) is 12.6 Å². The van der Waals surface area contributed by atoms with Crippen LogP contribution in [0.3, 0.4) is 0 Å². The summed E-state index contributed by atoms with van der Waals surface area (Å²) in [7, 11) is 0. The summed E-state index contributed by atoms with van der Waals surface area (Å²) in [4.78, 5) is 25.2. The maximum absolute atomic E-state index is 9.04. The van der Waals surface area contributed by atoms with Gasteiger partial charge in [-0.3, -0.25) is 9.80 Å². The van der Waals surface area contributed by atoms with Gasteiger partial charge in [-0.25, -0.2) is 4.79 Å². The minimum Gasteiger partial charge on any atom is -0.539 e. The minimum absolute atomic E-state index is 0.831. The zero-order valence-corrected chi connectivity index (χ0v) is 18.0. The lowest BCUT2D eigenvalue weighted by molar-refractivity contribution is -0.902. The number of nitrogens with one attached hydrogen (secondary N) is 1. The molecule has 0 aromatic heterocycles. The molecule has 156 valence electrons. The van der Waals surface area contributed by atoms with Crippen molar-refractivity contribution in [2.45, 2.75) is 32.4 Å². The number of quaternary nitrogens is 1. The van der Waals surface area contributed by atoms with Crippen molar-refractivity contribution >= 4 is 27.9 Å². The number of hydrogen-bond acceptors (Lipinski definition) is 5. The lowest BCUT2D eigenvalue weighted by Crippen LogP contribution is -3.14. The van der Waals surface area contributed by atoms with E-state index in [-0.39, 0.29) is 0 Å². The third-order valence-corrected chi connectivity index (χ3v) is 6.04. The molecule has 2 saturated heterocycles. The van der Waals surface area contributed by atoms with Crippen LogP contribution >= 0.6 is 15.9 Å². The molecule has 2 N–H and O–H groups in total. The van der Waals surface area contributed by atoms with E-state index in [1.807, 2.05) is 0 Å². The first-order chi connectivity index (χ1) is 13.4. The SMILES string of the molecule is CC[NH+]1CCN(C2CCN(Cc3cccc(Br)c3)CC2)CC1.O=C([O-])C(=O)O. The number of piperazine rings is 1. The molecule has 0 aliphatic carbocycles. The van der Waals surface area contributed by atoms with Crippen LogP contribution in [0.15, 0.2) is 28.7 Å². The number of carboxylic acid groups (broad SMARTS) is 2. The topological polar surface area (TPSA) is 88.4 Å². The van der Waals surface area contributed by atoms with Crippen LogP contribution in [0.1, 0.15) is 25.3 Å². The number of piperidine rings is 1. The van der Waals surface area contributed by atoms with Gasteiger partial charge < -0.3 is 19.9 Å². The number of benzene rings is 1. The second-order valence-electron chi connectivity index (χ2n) is 7.37. The fraction of sp³-hybridized carbons (Fsp3) is 0.600. The molecule has 8 heteroatoms. The number of rotatable bonds is 4. The number of likely N-dealkylation sites (N-methyl/N-ethyl adjacent to an activating group) is 1. The normalized spacial score (nSPS) is 19.6. The summed E-state index contributed by atoms with van der Waals surface area (Å²) in [6, 6.07) is 9.56. The van der Waals surface area contributed by atoms with E-state index in [2.05, 4.69) is 56.9 Å². The summed E-state index contributed by atoms with van der Waals surface area (Å²) >= 11 is 3.57. The van der Waals surface area contributed by atoms with Crippen LogP contribution in [0.2, 0.25) is 0 Å². The predicted molar refractivity (Wildman–Crippen MR) is 108 cm³/mol. The molecule has 0 atom stereocenters. The summed E-state index contributed by atoms with van der Waals surface area (Å²) in [6.45, 7) is 12.5. The van der Waals surface area contributed by atoms with Crippen LogP contribution in [-0.2, 0) is 16.1 Å². The number of carboxylic acids is 2. The van der Waals surface area contributed by atoms with Gasteiger partial charge in [-0.2, -0.15) is 0 Å². The van der Waals surface area contributed by atoms with Crippen molar-refractivity contribution in [1.82, 2.24) is 9.80 Å². The quantitative estimate of drug-likeness (QED) is 0.592. The van der Waals surface area contributed by atoms with Gasteiger partial charge in [0.05, 0.1) is 19.6 Å². The second-order valence-corrected chi connectivity index (χ2v) is 8.29. The van der Waals surface area contributed by atoms with Crippen molar-refractivity contribution in [2.24, 2.45) is 0 Å². The Balaban J connectivity index is 0.000000409. The van der Waals surface area contributed by atoms with Crippen LogP contribution in [-0.4, -0.2) is 78.7 Å². The highest BCUT2D eigenvalue weighted by Crippen LogP contribution is 2.20. The summed E-state index contributed by atoms with van der Waals surface area (Å²) < 4.78 is 1.19. The van der Waals surface area contributed by atoms with Crippen molar-refractivity contribution in [2.75, 3.05) is 45.8 Å². The Bertz CT molecular complexity index is 630. The molecular formula is C20H30BrN3O4. The second kappa shape index (κ2) is 11.5. The van der Waals surface area contributed by atoms with Crippen LogP contribution in [0, 0.1) is 0 Å². The Hall–Kier alpha value is -1.48. The number of likely N-dealkylation sites (tertiary alicyclic amines) is 1. The van der Waals surface area contributed by atoms with E-state index >= 15 is 0 Å². The molecule has 2 aliphatic rings. The average Bonchev–Trinajstić information content (AvgIpc) is 2.69. The van der Waals surface area contributed by atoms with E-state index in [1.54, 1.807) is 4.90 Å². The molecule has 0 saturated carbocycles. The van der Waals surface area contributed by atoms with Crippen LogP contribution < -0.4 is 10.0 Å². The first-order valence-corrected chi connectivity index (χ1v) is 10.7. The van der Waals surface area contributed by atoms with Gasteiger partial charge in [-0.1, -0.05) is 28.1 Å². The van der Waals surface area contributed by atoms with Crippen molar-refractivity contribution < 1.29 is 24.7 Å². The number of nitrogens with zero attached hydrogens (tertiary/aromatic N) is 2. The summed E-state index contributed by atoms with van der Waals surface area (Å²) in [5.74, 6) is -4.01. The fourth-order valence-corrected chi connectivity index (χ4v) is 4.34. The Morgan fingerprint density at radius 1 is 1.21 bits per heavy atom. The van der Waals surface area contributed by atoms with Crippen molar-refractivity contribution in [1.29, 1.82) is 0 Å². The molecule has 1 aromatic rings. The van der Waals surface area contributed by atoms with Gasteiger partial charge >= 0.3 is 5.97 Å². The molecule has 2 aliphatic heterocycles. The highest BCUT2D eigenvalue weighted by Gasteiger charge is 2.28. The number of aliphatic carboxylic acids is 2. The molecule has 1 aromatic carbocycles. The monoisotopic (exact) mass is 455 g/mol. The number of carbonyl (C=O) groups excluding carboxylic acids is 1. The lowest BCUT2D eigenvalue weighted by atomic mass is 10.0. The van der Waals surface area contributed by atoms with Gasteiger partial charge in [0.1, 0.15) is 0 Å². The van der Waals surface area contributed by atoms with Gasteiger partial charge in [-0.05, 0) is 50.6 Å². The zero-order chi connectivity index (χ0) is 20.5. The summed E-state index contributed by atoms with van der Waals surface area (Å²) in [5, 5.41) is 16.3. The Kier molecular flexibility index (Phi) is 9.37. The largest absolute Gasteiger partial charge is 0.539 e. The Labute approximate surface area is 175 Å². The Morgan fingerprint density at radius 3 is 2.32 bits per heavy atom. The maximum Gasteiger partial charge on any atom is 0.351 e. The Morgan fingerprint density at radius 2 is 1.82 bits per heavy atom. The number of carbonyl (C=O) groups is 2.